The lowest BCUT2D eigenvalue weighted by molar-refractivity contribution is 0.172. The summed E-state index contributed by atoms with van der Waals surface area (Å²) in [6, 6.07) is 6.19. The van der Waals surface area contributed by atoms with Gasteiger partial charge in [0.05, 0.1) is 6.10 Å². The maximum atomic E-state index is 9.81. The second-order valence-electron chi connectivity index (χ2n) is 3.97. The normalized spacial score (nSPS) is 29.6. The third-order valence-electron chi connectivity index (χ3n) is 3.22. The van der Waals surface area contributed by atoms with E-state index in [0.29, 0.717) is 5.92 Å². The molecule has 2 N–H and O–H groups in total. The first-order valence-electron chi connectivity index (χ1n) is 4.91. The highest BCUT2D eigenvalue weighted by Crippen LogP contribution is 2.47. The van der Waals surface area contributed by atoms with Crippen LogP contribution in [0.3, 0.4) is 0 Å². The summed E-state index contributed by atoms with van der Waals surface area (Å²) < 4.78 is 0. The van der Waals surface area contributed by atoms with Crippen molar-refractivity contribution in [1.29, 1.82) is 0 Å². The molecule has 0 saturated heterocycles. The molecule has 0 fully saturated rings. The smallest absolute Gasteiger partial charge is 0.0799 e. The van der Waals surface area contributed by atoms with Gasteiger partial charge in [-0.1, -0.05) is 12.1 Å². The standard InChI is InChI=1S/C11H13NO/c13-10-6-7-4-5-12-9-3-1-2-8(10)11(7)9/h1-3,7,10,12-13H,4-6H2/t7-,10-/m1/s1. The number of aliphatic hydroxyl groups excluding tert-OH is 1. The Morgan fingerprint density at radius 1 is 1.38 bits per heavy atom. The SMILES string of the molecule is O[C@@H]1C[C@H]2CCNc3cccc1c32. The molecule has 13 heavy (non-hydrogen) atoms. The molecule has 2 aliphatic rings. The molecule has 2 nitrogen and oxygen atoms in total. The van der Waals surface area contributed by atoms with Crippen LogP contribution in [0.5, 0.6) is 0 Å². The van der Waals surface area contributed by atoms with Crippen molar-refractivity contribution < 1.29 is 5.11 Å². The van der Waals surface area contributed by atoms with Gasteiger partial charge in [0.1, 0.15) is 0 Å². The predicted molar refractivity (Wildman–Crippen MR) is 51.9 cm³/mol. The van der Waals surface area contributed by atoms with E-state index in [2.05, 4.69) is 17.4 Å². The Bertz CT molecular complexity index is 348. The average molecular weight is 175 g/mol. The van der Waals surface area contributed by atoms with Crippen molar-refractivity contribution in [2.75, 3.05) is 11.9 Å². The number of nitrogens with one attached hydrogen (secondary N) is 1. The van der Waals surface area contributed by atoms with Gasteiger partial charge in [-0.15, -0.1) is 0 Å². The third kappa shape index (κ3) is 0.923. The molecule has 1 aromatic rings. The molecule has 2 atom stereocenters. The van der Waals surface area contributed by atoms with E-state index in [0.717, 1.165) is 18.5 Å². The highest BCUT2D eigenvalue weighted by molar-refractivity contribution is 5.60. The molecule has 0 aromatic heterocycles. The van der Waals surface area contributed by atoms with Crippen LogP contribution in [-0.4, -0.2) is 11.7 Å². The van der Waals surface area contributed by atoms with E-state index in [1.54, 1.807) is 0 Å². The minimum Gasteiger partial charge on any atom is -0.388 e. The molecule has 0 radical (unpaired) electrons. The topological polar surface area (TPSA) is 32.3 Å². The Morgan fingerprint density at radius 2 is 2.31 bits per heavy atom. The number of hydrogen-bond acceptors (Lipinski definition) is 2. The van der Waals surface area contributed by atoms with Gasteiger partial charge in [0.2, 0.25) is 0 Å². The van der Waals surface area contributed by atoms with Gasteiger partial charge in [-0.25, -0.2) is 0 Å². The Hall–Kier alpha value is -1.02. The summed E-state index contributed by atoms with van der Waals surface area (Å²) in [7, 11) is 0. The fourth-order valence-electron chi connectivity index (χ4n) is 2.64. The van der Waals surface area contributed by atoms with Crippen molar-refractivity contribution in [3.63, 3.8) is 0 Å². The molecule has 1 heterocycles. The fourth-order valence-corrected chi connectivity index (χ4v) is 2.64. The molecule has 1 aliphatic carbocycles. The van der Waals surface area contributed by atoms with Crippen LogP contribution in [0, 0.1) is 0 Å². The molecule has 68 valence electrons. The minimum atomic E-state index is -0.222. The van der Waals surface area contributed by atoms with Gasteiger partial charge in [-0.3, -0.25) is 0 Å². The lowest BCUT2D eigenvalue weighted by Crippen LogP contribution is -2.14. The molecular weight excluding hydrogens is 162 g/mol. The first-order valence-corrected chi connectivity index (χ1v) is 4.91. The van der Waals surface area contributed by atoms with E-state index in [4.69, 9.17) is 0 Å². The van der Waals surface area contributed by atoms with Crippen LogP contribution in [0.1, 0.15) is 36.0 Å². The largest absolute Gasteiger partial charge is 0.388 e. The van der Waals surface area contributed by atoms with Crippen molar-refractivity contribution in [1.82, 2.24) is 0 Å². The van der Waals surface area contributed by atoms with Gasteiger partial charge in [0, 0.05) is 12.2 Å². The zero-order valence-corrected chi connectivity index (χ0v) is 7.46. The number of anilines is 1. The lowest BCUT2D eigenvalue weighted by atomic mass is 9.93. The molecule has 0 amide bonds. The number of rotatable bonds is 0. The van der Waals surface area contributed by atoms with E-state index in [-0.39, 0.29) is 6.10 Å². The van der Waals surface area contributed by atoms with Crippen LogP contribution in [0.15, 0.2) is 18.2 Å². The Kier molecular flexibility index (Phi) is 1.41. The Morgan fingerprint density at radius 3 is 3.23 bits per heavy atom. The summed E-state index contributed by atoms with van der Waals surface area (Å²) in [4.78, 5) is 0. The van der Waals surface area contributed by atoms with E-state index in [1.807, 2.05) is 6.07 Å². The molecule has 0 spiro atoms. The van der Waals surface area contributed by atoms with Crippen molar-refractivity contribution in [3.8, 4) is 0 Å². The van der Waals surface area contributed by atoms with Crippen LogP contribution < -0.4 is 5.32 Å². The van der Waals surface area contributed by atoms with Crippen molar-refractivity contribution in [2.45, 2.75) is 24.9 Å². The first kappa shape index (κ1) is 7.39. The van der Waals surface area contributed by atoms with Gasteiger partial charge in [-0.2, -0.15) is 0 Å². The van der Waals surface area contributed by atoms with Crippen LogP contribution >= 0.6 is 0 Å². The summed E-state index contributed by atoms with van der Waals surface area (Å²) in [5, 5.41) is 13.2. The summed E-state index contributed by atoms with van der Waals surface area (Å²) >= 11 is 0. The highest BCUT2D eigenvalue weighted by atomic mass is 16.3. The summed E-state index contributed by atoms with van der Waals surface area (Å²) in [6.45, 7) is 1.05. The van der Waals surface area contributed by atoms with E-state index >= 15 is 0 Å². The van der Waals surface area contributed by atoms with Crippen molar-refractivity contribution in [2.24, 2.45) is 0 Å². The van der Waals surface area contributed by atoms with Gasteiger partial charge < -0.3 is 10.4 Å². The first-order chi connectivity index (χ1) is 6.36. The Balaban J connectivity index is 2.22. The van der Waals surface area contributed by atoms with Crippen molar-refractivity contribution in [3.05, 3.63) is 29.3 Å². The van der Waals surface area contributed by atoms with Crippen molar-refractivity contribution >= 4 is 5.69 Å². The van der Waals surface area contributed by atoms with Crippen LogP contribution in [0.4, 0.5) is 5.69 Å². The van der Waals surface area contributed by atoms with Crippen LogP contribution in [0.2, 0.25) is 0 Å². The average Bonchev–Trinajstić information content (AvgIpc) is 2.47. The third-order valence-corrected chi connectivity index (χ3v) is 3.22. The van der Waals surface area contributed by atoms with Gasteiger partial charge in [0.15, 0.2) is 0 Å². The Labute approximate surface area is 77.6 Å². The molecule has 2 heteroatoms. The van der Waals surface area contributed by atoms with Crippen LogP contribution in [0.25, 0.3) is 0 Å². The molecule has 1 aliphatic heterocycles. The van der Waals surface area contributed by atoms with Gasteiger partial charge in [0.25, 0.3) is 0 Å². The number of aliphatic hydroxyl groups is 1. The maximum Gasteiger partial charge on any atom is 0.0799 e. The molecule has 0 saturated carbocycles. The van der Waals surface area contributed by atoms with Crippen LogP contribution in [-0.2, 0) is 0 Å². The molecule has 1 aromatic carbocycles. The minimum absolute atomic E-state index is 0.222. The van der Waals surface area contributed by atoms with Gasteiger partial charge >= 0.3 is 0 Å². The molecule has 0 bridgehead atoms. The maximum absolute atomic E-state index is 9.81. The van der Waals surface area contributed by atoms with E-state index < -0.39 is 0 Å². The van der Waals surface area contributed by atoms with E-state index in [9.17, 15) is 5.11 Å². The summed E-state index contributed by atoms with van der Waals surface area (Å²) in [5.41, 5.74) is 3.77. The monoisotopic (exact) mass is 175 g/mol. The predicted octanol–water partition coefficient (Wildman–Crippen LogP) is 2.02. The second kappa shape index (κ2) is 2.48. The number of hydrogen-bond donors (Lipinski definition) is 2. The van der Waals surface area contributed by atoms with Gasteiger partial charge in [-0.05, 0) is 36.0 Å². The number of benzene rings is 1. The zero-order chi connectivity index (χ0) is 8.84. The summed E-state index contributed by atoms with van der Waals surface area (Å²) in [6.07, 6.45) is 1.87. The quantitative estimate of drug-likeness (QED) is 0.632. The molecular formula is C11H13NO. The second-order valence-corrected chi connectivity index (χ2v) is 3.97. The summed E-state index contributed by atoms with van der Waals surface area (Å²) in [5.74, 6) is 0.599. The molecule has 0 unspecified atom stereocenters. The van der Waals surface area contributed by atoms with E-state index in [1.165, 1.54) is 17.7 Å². The lowest BCUT2D eigenvalue weighted by Gasteiger charge is -2.22. The highest BCUT2D eigenvalue weighted by Gasteiger charge is 2.33. The zero-order valence-electron chi connectivity index (χ0n) is 7.46. The molecule has 3 rings (SSSR count). The fraction of sp³-hybridized carbons (Fsp3) is 0.455.